The summed E-state index contributed by atoms with van der Waals surface area (Å²) < 4.78 is 4.90. The van der Waals surface area contributed by atoms with Gasteiger partial charge < -0.3 is 15.2 Å². The topological polar surface area (TPSA) is 97.8 Å². The SMILES string of the molecule is NCc1noc(-c2cc[nH]c(=O)c2)n1. The van der Waals surface area contributed by atoms with Crippen molar-refractivity contribution < 1.29 is 4.52 Å². The molecule has 0 radical (unpaired) electrons. The third kappa shape index (κ3) is 1.55. The van der Waals surface area contributed by atoms with Gasteiger partial charge >= 0.3 is 0 Å². The van der Waals surface area contributed by atoms with E-state index >= 15 is 0 Å². The van der Waals surface area contributed by atoms with Gasteiger partial charge in [0.25, 0.3) is 5.89 Å². The molecule has 0 saturated heterocycles. The maximum atomic E-state index is 11.0. The number of nitrogens with one attached hydrogen (secondary N) is 1. The van der Waals surface area contributed by atoms with E-state index < -0.39 is 0 Å². The van der Waals surface area contributed by atoms with E-state index in [-0.39, 0.29) is 12.1 Å². The average Bonchev–Trinajstić information content (AvgIpc) is 2.66. The summed E-state index contributed by atoms with van der Waals surface area (Å²) >= 11 is 0. The van der Waals surface area contributed by atoms with Crippen molar-refractivity contribution >= 4 is 0 Å². The standard InChI is InChI=1S/C8H8N4O2/c9-4-6-11-8(14-12-6)5-1-2-10-7(13)3-5/h1-3H,4,9H2,(H,10,13). The third-order valence-electron chi connectivity index (χ3n) is 1.67. The molecule has 6 nitrogen and oxygen atoms in total. The molecule has 72 valence electrons. The third-order valence-corrected chi connectivity index (χ3v) is 1.67. The highest BCUT2D eigenvalue weighted by molar-refractivity contribution is 5.50. The average molecular weight is 192 g/mol. The van der Waals surface area contributed by atoms with Crippen LogP contribution in [0.2, 0.25) is 0 Å². The van der Waals surface area contributed by atoms with Crippen molar-refractivity contribution in [2.24, 2.45) is 5.73 Å². The maximum absolute atomic E-state index is 11.0. The van der Waals surface area contributed by atoms with Crippen LogP contribution in [0.15, 0.2) is 27.6 Å². The maximum Gasteiger partial charge on any atom is 0.258 e. The van der Waals surface area contributed by atoms with E-state index in [1.54, 1.807) is 6.07 Å². The molecule has 0 aromatic carbocycles. The predicted molar refractivity (Wildman–Crippen MR) is 48.2 cm³/mol. The predicted octanol–water partition coefficient (Wildman–Crippen LogP) is -0.116. The minimum atomic E-state index is -0.213. The van der Waals surface area contributed by atoms with Gasteiger partial charge in [-0.3, -0.25) is 4.79 Å². The molecule has 0 aliphatic rings. The Morgan fingerprint density at radius 3 is 3.07 bits per heavy atom. The number of hydrogen-bond donors (Lipinski definition) is 2. The fraction of sp³-hybridized carbons (Fsp3) is 0.125. The molecule has 0 atom stereocenters. The quantitative estimate of drug-likeness (QED) is 0.691. The largest absolute Gasteiger partial charge is 0.334 e. The summed E-state index contributed by atoms with van der Waals surface area (Å²) in [5.41, 5.74) is 5.69. The summed E-state index contributed by atoms with van der Waals surface area (Å²) in [6, 6.07) is 3.06. The van der Waals surface area contributed by atoms with Gasteiger partial charge in [-0.15, -0.1) is 0 Å². The Balaban J connectivity index is 2.44. The monoisotopic (exact) mass is 192 g/mol. The van der Waals surface area contributed by atoms with Gasteiger partial charge in [0.2, 0.25) is 5.56 Å². The molecule has 2 heterocycles. The van der Waals surface area contributed by atoms with Crippen LogP contribution >= 0.6 is 0 Å². The first kappa shape index (κ1) is 8.64. The molecule has 0 bridgehead atoms. The number of nitrogens with two attached hydrogens (primary N) is 1. The van der Waals surface area contributed by atoms with E-state index in [0.717, 1.165) is 0 Å². The summed E-state index contributed by atoms with van der Waals surface area (Å²) in [5.74, 6) is 0.719. The zero-order valence-corrected chi connectivity index (χ0v) is 7.23. The second kappa shape index (κ2) is 3.43. The van der Waals surface area contributed by atoms with Crippen molar-refractivity contribution in [3.63, 3.8) is 0 Å². The van der Waals surface area contributed by atoms with E-state index in [4.69, 9.17) is 10.3 Å². The minimum absolute atomic E-state index is 0.213. The number of pyridine rings is 1. The van der Waals surface area contributed by atoms with Crippen LogP contribution in [0.4, 0.5) is 0 Å². The Hall–Kier alpha value is -1.95. The molecule has 0 spiro atoms. The first-order chi connectivity index (χ1) is 6.79. The van der Waals surface area contributed by atoms with Gasteiger partial charge in [-0.25, -0.2) is 0 Å². The lowest BCUT2D eigenvalue weighted by atomic mass is 10.3. The van der Waals surface area contributed by atoms with E-state index in [1.807, 2.05) is 0 Å². The molecule has 0 amide bonds. The van der Waals surface area contributed by atoms with Gasteiger partial charge in [0.1, 0.15) is 0 Å². The summed E-state index contributed by atoms with van der Waals surface area (Å²) in [6.45, 7) is 0.215. The molecule has 2 aromatic rings. The van der Waals surface area contributed by atoms with E-state index in [2.05, 4.69) is 15.1 Å². The summed E-state index contributed by atoms with van der Waals surface area (Å²) in [6.07, 6.45) is 1.52. The Morgan fingerprint density at radius 2 is 2.43 bits per heavy atom. The van der Waals surface area contributed by atoms with Gasteiger partial charge in [-0.05, 0) is 6.07 Å². The second-order valence-corrected chi connectivity index (χ2v) is 2.66. The Labute approximate surface area is 78.8 Å². The molecular weight excluding hydrogens is 184 g/mol. The molecule has 0 aliphatic heterocycles. The Morgan fingerprint density at radius 1 is 1.57 bits per heavy atom. The molecule has 2 rings (SSSR count). The van der Waals surface area contributed by atoms with Crippen LogP contribution in [0.25, 0.3) is 11.5 Å². The normalized spacial score (nSPS) is 10.4. The number of nitrogens with zero attached hydrogens (tertiary/aromatic N) is 2. The summed E-state index contributed by atoms with van der Waals surface area (Å²) in [7, 11) is 0. The van der Waals surface area contributed by atoms with Crippen LogP contribution < -0.4 is 11.3 Å². The van der Waals surface area contributed by atoms with Crippen molar-refractivity contribution in [2.45, 2.75) is 6.54 Å². The van der Waals surface area contributed by atoms with Gasteiger partial charge in [0.05, 0.1) is 6.54 Å². The zero-order valence-electron chi connectivity index (χ0n) is 7.23. The zero-order chi connectivity index (χ0) is 9.97. The van der Waals surface area contributed by atoms with Crippen LogP contribution in [0.1, 0.15) is 5.82 Å². The number of rotatable bonds is 2. The van der Waals surface area contributed by atoms with Crippen molar-refractivity contribution in [1.82, 2.24) is 15.1 Å². The Bertz CT molecular complexity index is 488. The van der Waals surface area contributed by atoms with Gasteiger partial charge in [-0.2, -0.15) is 4.98 Å². The lowest BCUT2D eigenvalue weighted by molar-refractivity contribution is 0.422. The lowest BCUT2D eigenvalue weighted by Crippen LogP contribution is -2.02. The molecule has 0 fully saturated rings. The van der Waals surface area contributed by atoms with E-state index in [1.165, 1.54) is 12.3 Å². The lowest BCUT2D eigenvalue weighted by Gasteiger charge is -1.89. The molecule has 6 heteroatoms. The van der Waals surface area contributed by atoms with Crippen LogP contribution in [0.3, 0.4) is 0 Å². The number of aromatic nitrogens is 3. The van der Waals surface area contributed by atoms with Crippen molar-refractivity contribution in [2.75, 3.05) is 0 Å². The summed E-state index contributed by atoms with van der Waals surface area (Å²) in [5, 5.41) is 3.62. The first-order valence-electron chi connectivity index (χ1n) is 4.01. The number of hydrogen-bond acceptors (Lipinski definition) is 5. The highest BCUT2D eigenvalue weighted by Crippen LogP contribution is 2.13. The van der Waals surface area contributed by atoms with Gasteiger partial charge in [0.15, 0.2) is 5.82 Å². The van der Waals surface area contributed by atoms with Crippen molar-refractivity contribution in [3.05, 3.63) is 34.5 Å². The van der Waals surface area contributed by atoms with Crippen LogP contribution in [-0.4, -0.2) is 15.1 Å². The molecule has 2 aromatic heterocycles. The van der Waals surface area contributed by atoms with Gasteiger partial charge in [-0.1, -0.05) is 5.16 Å². The summed E-state index contributed by atoms with van der Waals surface area (Å²) in [4.78, 5) is 17.4. The fourth-order valence-corrected chi connectivity index (χ4v) is 1.03. The van der Waals surface area contributed by atoms with E-state index in [0.29, 0.717) is 17.3 Å². The first-order valence-corrected chi connectivity index (χ1v) is 4.01. The van der Waals surface area contributed by atoms with Crippen LogP contribution in [0, 0.1) is 0 Å². The number of aromatic amines is 1. The minimum Gasteiger partial charge on any atom is -0.334 e. The molecular formula is C8H8N4O2. The highest BCUT2D eigenvalue weighted by Gasteiger charge is 2.07. The van der Waals surface area contributed by atoms with Crippen molar-refractivity contribution in [1.29, 1.82) is 0 Å². The molecule has 0 saturated carbocycles. The van der Waals surface area contributed by atoms with Crippen LogP contribution in [0.5, 0.6) is 0 Å². The fourth-order valence-electron chi connectivity index (χ4n) is 1.03. The molecule has 3 N–H and O–H groups in total. The van der Waals surface area contributed by atoms with Gasteiger partial charge in [0, 0.05) is 17.8 Å². The second-order valence-electron chi connectivity index (χ2n) is 2.66. The number of H-pyrrole nitrogens is 1. The Kier molecular flexibility index (Phi) is 2.11. The van der Waals surface area contributed by atoms with E-state index in [9.17, 15) is 4.79 Å². The van der Waals surface area contributed by atoms with Crippen molar-refractivity contribution in [3.8, 4) is 11.5 Å². The molecule has 14 heavy (non-hydrogen) atoms. The van der Waals surface area contributed by atoms with Crippen LogP contribution in [-0.2, 0) is 6.54 Å². The molecule has 0 aliphatic carbocycles. The molecule has 0 unspecified atom stereocenters. The smallest absolute Gasteiger partial charge is 0.258 e. The highest BCUT2D eigenvalue weighted by atomic mass is 16.5.